The van der Waals surface area contributed by atoms with Crippen LogP contribution in [0.15, 0.2) is 24.3 Å². The van der Waals surface area contributed by atoms with Crippen LogP contribution in [0.3, 0.4) is 0 Å². The number of hydrogen-bond acceptors (Lipinski definition) is 2. The third-order valence-corrected chi connectivity index (χ3v) is 2.62. The van der Waals surface area contributed by atoms with Gasteiger partial charge in [0.15, 0.2) is 0 Å². The van der Waals surface area contributed by atoms with Crippen molar-refractivity contribution in [2.75, 3.05) is 6.61 Å². The molecule has 2 atom stereocenters. The lowest BCUT2D eigenvalue weighted by atomic mass is 9.97. The van der Waals surface area contributed by atoms with E-state index in [1.807, 2.05) is 26.0 Å². The molecule has 2 nitrogen and oxygen atoms in total. The second-order valence-electron chi connectivity index (χ2n) is 4.00. The van der Waals surface area contributed by atoms with Crippen LogP contribution in [0.25, 0.3) is 0 Å². The maximum absolute atomic E-state index is 9.40. The Morgan fingerprint density at radius 2 is 1.80 bits per heavy atom. The molecular formula is C13H20O2. The van der Waals surface area contributed by atoms with Gasteiger partial charge in [0, 0.05) is 0 Å². The van der Waals surface area contributed by atoms with E-state index in [4.69, 9.17) is 4.74 Å². The SMILES string of the molecule is CCOc1ccc(CC(C)C(C)O)cc1. The molecule has 0 heterocycles. The molecule has 15 heavy (non-hydrogen) atoms. The minimum atomic E-state index is -0.253. The van der Waals surface area contributed by atoms with Crippen molar-refractivity contribution in [3.05, 3.63) is 29.8 Å². The Kier molecular flexibility index (Phi) is 4.63. The third kappa shape index (κ3) is 3.92. The summed E-state index contributed by atoms with van der Waals surface area (Å²) in [4.78, 5) is 0. The normalized spacial score (nSPS) is 14.7. The molecule has 0 fully saturated rings. The summed E-state index contributed by atoms with van der Waals surface area (Å²) >= 11 is 0. The number of hydrogen-bond donors (Lipinski definition) is 1. The maximum Gasteiger partial charge on any atom is 0.119 e. The molecule has 1 aromatic rings. The zero-order chi connectivity index (χ0) is 11.3. The summed E-state index contributed by atoms with van der Waals surface area (Å²) in [5.41, 5.74) is 1.24. The fourth-order valence-electron chi connectivity index (χ4n) is 1.43. The molecule has 2 heteroatoms. The van der Waals surface area contributed by atoms with Crippen molar-refractivity contribution in [1.29, 1.82) is 0 Å². The van der Waals surface area contributed by atoms with Crippen molar-refractivity contribution in [1.82, 2.24) is 0 Å². The van der Waals surface area contributed by atoms with E-state index in [9.17, 15) is 5.11 Å². The molecule has 0 aliphatic carbocycles. The molecule has 0 saturated heterocycles. The maximum atomic E-state index is 9.40. The minimum absolute atomic E-state index is 0.253. The smallest absolute Gasteiger partial charge is 0.119 e. The summed E-state index contributed by atoms with van der Waals surface area (Å²) in [6, 6.07) is 8.08. The molecule has 0 aliphatic heterocycles. The summed E-state index contributed by atoms with van der Waals surface area (Å²) in [5, 5.41) is 9.40. The molecule has 0 aliphatic rings. The van der Waals surface area contributed by atoms with Crippen LogP contribution in [0, 0.1) is 5.92 Å². The van der Waals surface area contributed by atoms with Gasteiger partial charge in [0.25, 0.3) is 0 Å². The first-order valence-electron chi connectivity index (χ1n) is 5.53. The van der Waals surface area contributed by atoms with Gasteiger partial charge in [-0.15, -0.1) is 0 Å². The molecule has 0 saturated carbocycles. The third-order valence-electron chi connectivity index (χ3n) is 2.62. The number of aliphatic hydroxyl groups is 1. The van der Waals surface area contributed by atoms with Crippen LogP contribution in [0.2, 0.25) is 0 Å². The summed E-state index contributed by atoms with van der Waals surface area (Å²) < 4.78 is 5.36. The van der Waals surface area contributed by atoms with E-state index in [0.29, 0.717) is 12.5 Å². The van der Waals surface area contributed by atoms with E-state index < -0.39 is 0 Å². The molecule has 1 rings (SSSR count). The van der Waals surface area contributed by atoms with Crippen LogP contribution in [0.5, 0.6) is 5.75 Å². The van der Waals surface area contributed by atoms with Crippen molar-refractivity contribution in [3.63, 3.8) is 0 Å². The Balaban J connectivity index is 2.56. The molecule has 2 unspecified atom stereocenters. The quantitative estimate of drug-likeness (QED) is 0.806. The summed E-state index contributed by atoms with van der Waals surface area (Å²) in [6.07, 6.45) is 0.654. The van der Waals surface area contributed by atoms with E-state index in [2.05, 4.69) is 19.1 Å². The van der Waals surface area contributed by atoms with Gasteiger partial charge in [-0.25, -0.2) is 0 Å². The van der Waals surface area contributed by atoms with Gasteiger partial charge in [0.2, 0.25) is 0 Å². The Labute approximate surface area is 91.9 Å². The van der Waals surface area contributed by atoms with Gasteiger partial charge in [-0.3, -0.25) is 0 Å². The number of aliphatic hydroxyl groups excluding tert-OH is 1. The Morgan fingerprint density at radius 3 is 2.27 bits per heavy atom. The highest BCUT2D eigenvalue weighted by Gasteiger charge is 2.09. The van der Waals surface area contributed by atoms with Gasteiger partial charge in [-0.05, 0) is 43.9 Å². The van der Waals surface area contributed by atoms with Crippen LogP contribution in [0.1, 0.15) is 26.3 Å². The average molecular weight is 208 g/mol. The largest absolute Gasteiger partial charge is 0.494 e. The monoisotopic (exact) mass is 208 g/mol. The van der Waals surface area contributed by atoms with Gasteiger partial charge in [0.05, 0.1) is 12.7 Å². The molecular weight excluding hydrogens is 188 g/mol. The molecule has 0 radical (unpaired) electrons. The standard InChI is InChI=1S/C13H20O2/c1-4-15-13-7-5-12(6-8-13)9-10(2)11(3)14/h5-8,10-11,14H,4,9H2,1-3H3. The molecule has 1 N–H and O–H groups in total. The second kappa shape index (κ2) is 5.76. The molecule has 0 aromatic heterocycles. The number of rotatable bonds is 5. The molecule has 0 bridgehead atoms. The minimum Gasteiger partial charge on any atom is -0.494 e. The first-order chi connectivity index (χ1) is 7.13. The van der Waals surface area contributed by atoms with E-state index in [-0.39, 0.29) is 6.10 Å². The van der Waals surface area contributed by atoms with Crippen molar-refractivity contribution in [3.8, 4) is 5.75 Å². The Morgan fingerprint density at radius 1 is 1.20 bits per heavy atom. The first kappa shape index (κ1) is 12.1. The number of benzene rings is 1. The van der Waals surface area contributed by atoms with Gasteiger partial charge in [0.1, 0.15) is 5.75 Å². The number of ether oxygens (including phenoxy) is 1. The summed E-state index contributed by atoms with van der Waals surface area (Å²) in [7, 11) is 0. The van der Waals surface area contributed by atoms with Crippen LogP contribution < -0.4 is 4.74 Å². The summed E-state index contributed by atoms with van der Waals surface area (Å²) in [6.45, 7) is 6.56. The zero-order valence-electron chi connectivity index (χ0n) is 9.73. The predicted octanol–water partition coefficient (Wildman–Crippen LogP) is 2.64. The van der Waals surface area contributed by atoms with E-state index in [1.165, 1.54) is 5.56 Å². The molecule has 0 spiro atoms. The van der Waals surface area contributed by atoms with Crippen molar-refractivity contribution < 1.29 is 9.84 Å². The fourth-order valence-corrected chi connectivity index (χ4v) is 1.43. The lowest BCUT2D eigenvalue weighted by Crippen LogP contribution is -2.15. The van der Waals surface area contributed by atoms with Crippen molar-refractivity contribution >= 4 is 0 Å². The molecule has 0 amide bonds. The molecule has 1 aromatic carbocycles. The van der Waals surface area contributed by atoms with Crippen molar-refractivity contribution in [2.45, 2.75) is 33.3 Å². The zero-order valence-corrected chi connectivity index (χ0v) is 9.73. The summed E-state index contributed by atoms with van der Waals surface area (Å²) in [5.74, 6) is 1.20. The predicted molar refractivity (Wildman–Crippen MR) is 62.2 cm³/mol. The highest BCUT2D eigenvalue weighted by atomic mass is 16.5. The van der Waals surface area contributed by atoms with Crippen LogP contribution >= 0.6 is 0 Å². The van der Waals surface area contributed by atoms with Crippen LogP contribution in [-0.2, 0) is 6.42 Å². The van der Waals surface area contributed by atoms with Gasteiger partial charge in [-0.2, -0.15) is 0 Å². The van der Waals surface area contributed by atoms with Gasteiger partial charge < -0.3 is 9.84 Å². The van der Waals surface area contributed by atoms with E-state index in [1.54, 1.807) is 0 Å². The lowest BCUT2D eigenvalue weighted by molar-refractivity contribution is 0.135. The molecule has 84 valence electrons. The van der Waals surface area contributed by atoms with Crippen LogP contribution in [0.4, 0.5) is 0 Å². The highest BCUT2D eigenvalue weighted by molar-refractivity contribution is 5.27. The first-order valence-corrected chi connectivity index (χ1v) is 5.53. The van der Waals surface area contributed by atoms with Crippen LogP contribution in [-0.4, -0.2) is 17.8 Å². The van der Waals surface area contributed by atoms with E-state index >= 15 is 0 Å². The average Bonchev–Trinajstić information content (AvgIpc) is 2.21. The van der Waals surface area contributed by atoms with Gasteiger partial charge >= 0.3 is 0 Å². The fraction of sp³-hybridized carbons (Fsp3) is 0.538. The Bertz CT molecular complexity index is 277. The van der Waals surface area contributed by atoms with E-state index in [0.717, 1.165) is 12.2 Å². The highest BCUT2D eigenvalue weighted by Crippen LogP contribution is 2.16. The topological polar surface area (TPSA) is 29.5 Å². The Hall–Kier alpha value is -1.02. The van der Waals surface area contributed by atoms with Gasteiger partial charge in [-0.1, -0.05) is 19.1 Å². The van der Waals surface area contributed by atoms with Crippen molar-refractivity contribution in [2.24, 2.45) is 5.92 Å². The lowest BCUT2D eigenvalue weighted by Gasteiger charge is -2.14. The second-order valence-corrected chi connectivity index (χ2v) is 4.00.